The summed E-state index contributed by atoms with van der Waals surface area (Å²) in [6.07, 6.45) is 9.02. The monoisotopic (exact) mass is 431 g/mol. The van der Waals surface area contributed by atoms with Gasteiger partial charge in [-0.1, -0.05) is 0 Å². The van der Waals surface area contributed by atoms with Gasteiger partial charge in [0.25, 0.3) is 0 Å². The number of nitrogens with one attached hydrogen (secondary N) is 2. The van der Waals surface area contributed by atoms with Crippen molar-refractivity contribution in [3.63, 3.8) is 0 Å². The highest BCUT2D eigenvalue weighted by Gasteiger charge is 2.14. The molecule has 3 N–H and O–H groups in total. The minimum absolute atomic E-state index is 0.0609. The summed E-state index contributed by atoms with van der Waals surface area (Å²) in [5.41, 5.74) is 2.20. The van der Waals surface area contributed by atoms with E-state index in [0.29, 0.717) is 24.5 Å². The molecule has 0 bridgehead atoms. The van der Waals surface area contributed by atoms with E-state index in [1.807, 2.05) is 6.20 Å². The number of furan rings is 1. The lowest BCUT2D eigenvalue weighted by molar-refractivity contribution is -0.117. The van der Waals surface area contributed by atoms with Crippen LogP contribution in [0.5, 0.6) is 0 Å². The van der Waals surface area contributed by atoms with Crippen LogP contribution in [0.4, 0.5) is 0 Å². The standard InChI is InChI=1S/C22H29N3O4S/c26-20(14-25-22(27)16-30(28)15-21-2-1-11-29-21)4-3-19-13-18(7-10-24-19)12-17-5-8-23-9-6-17/h1-2,7,10-11,13-14,17,23,26H,3-6,8-9,12,15-16H2,(H,25,27)/b20-14-. The number of pyridine rings is 1. The number of rotatable bonds is 10. The van der Waals surface area contributed by atoms with Gasteiger partial charge in [0, 0.05) is 35.3 Å². The van der Waals surface area contributed by atoms with Crippen molar-refractivity contribution in [2.45, 2.75) is 37.9 Å². The maximum atomic E-state index is 11.9. The molecule has 2 aromatic rings. The molecule has 1 unspecified atom stereocenters. The van der Waals surface area contributed by atoms with E-state index in [-0.39, 0.29) is 17.3 Å². The highest BCUT2D eigenvalue weighted by atomic mass is 32.2. The number of carbonyl (C=O) groups excluding carboxylic acids is 1. The molecule has 0 aromatic carbocycles. The third kappa shape index (κ3) is 7.76. The maximum Gasteiger partial charge on any atom is 0.236 e. The minimum atomic E-state index is -1.36. The lowest BCUT2D eigenvalue weighted by Crippen LogP contribution is -2.28. The fraction of sp³-hybridized carbons (Fsp3) is 0.455. The SMILES string of the molecule is O=C(CS(=O)Cc1ccco1)N/C=C(\O)CCc1cc(CC2CCNCC2)ccn1. The molecule has 30 heavy (non-hydrogen) atoms. The normalized spacial score (nSPS) is 16.3. The fourth-order valence-corrected chi connectivity index (χ4v) is 4.45. The van der Waals surface area contributed by atoms with Crippen LogP contribution in [0.25, 0.3) is 0 Å². The lowest BCUT2D eigenvalue weighted by Gasteiger charge is -2.22. The van der Waals surface area contributed by atoms with Crippen molar-refractivity contribution in [2.75, 3.05) is 18.8 Å². The number of aliphatic hydroxyl groups excluding tert-OH is 1. The number of amides is 1. The summed E-state index contributed by atoms with van der Waals surface area (Å²) >= 11 is 0. The van der Waals surface area contributed by atoms with Crippen LogP contribution >= 0.6 is 0 Å². The van der Waals surface area contributed by atoms with Gasteiger partial charge in [-0.2, -0.15) is 0 Å². The number of nitrogens with zero attached hydrogens (tertiary/aromatic N) is 1. The number of hydrogen-bond acceptors (Lipinski definition) is 6. The van der Waals surface area contributed by atoms with E-state index in [4.69, 9.17) is 4.42 Å². The Labute approximate surface area is 179 Å². The van der Waals surface area contributed by atoms with Crippen LogP contribution in [-0.4, -0.2) is 39.0 Å². The van der Waals surface area contributed by atoms with Gasteiger partial charge < -0.3 is 20.2 Å². The summed E-state index contributed by atoms with van der Waals surface area (Å²) in [5, 5.41) is 15.9. The second-order valence-electron chi connectivity index (χ2n) is 7.56. The van der Waals surface area contributed by atoms with Crippen molar-refractivity contribution in [2.24, 2.45) is 5.92 Å². The summed E-state index contributed by atoms with van der Waals surface area (Å²) in [4.78, 5) is 16.3. The van der Waals surface area contributed by atoms with E-state index in [1.165, 1.54) is 30.9 Å². The van der Waals surface area contributed by atoms with Crippen LogP contribution in [0.3, 0.4) is 0 Å². The summed E-state index contributed by atoms with van der Waals surface area (Å²) < 4.78 is 17.1. The van der Waals surface area contributed by atoms with Crippen LogP contribution in [-0.2, 0) is 34.2 Å². The van der Waals surface area contributed by atoms with E-state index in [2.05, 4.69) is 27.8 Å². The zero-order valence-corrected chi connectivity index (χ0v) is 17.8. The molecule has 1 amide bonds. The number of aromatic nitrogens is 1. The third-order valence-electron chi connectivity index (χ3n) is 5.08. The van der Waals surface area contributed by atoms with Gasteiger partial charge >= 0.3 is 0 Å². The predicted molar refractivity (Wildman–Crippen MR) is 116 cm³/mol. The van der Waals surface area contributed by atoms with Gasteiger partial charge in [-0.3, -0.25) is 14.0 Å². The molecule has 1 saturated heterocycles. The van der Waals surface area contributed by atoms with E-state index in [0.717, 1.165) is 25.2 Å². The van der Waals surface area contributed by atoms with Crippen LogP contribution in [0.2, 0.25) is 0 Å². The molecule has 0 aliphatic carbocycles. The summed E-state index contributed by atoms with van der Waals surface area (Å²) in [6, 6.07) is 7.60. The van der Waals surface area contributed by atoms with E-state index >= 15 is 0 Å². The van der Waals surface area contributed by atoms with Gasteiger partial charge in [-0.25, -0.2) is 0 Å². The number of aliphatic hydroxyl groups is 1. The van der Waals surface area contributed by atoms with Gasteiger partial charge in [-0.05, 0) is 74.5 Å². The number of allylic oxidation sites excluding steroid dienone is 1. The Hall–Kier alpha value is -2.45. The first-order valence-electron chi connectivity index (χ1n) is 10.3. The number of piperidine rings is 1. The highest BCUT2D eigenvalue weighted by molar-refractivity contribution is 7.84. The predicted octanol–water partition coefficient (Wildman–Crippen LogP) is 2.61. The van der Waals surface area contributed by atoms with Crippen LogP contribution in [0.1, 0.15) is 36.3 Å². The van der Waals surface area contributed by atoms with Gasteiger partial charge in [-0.15, -0.1) is 0 Å². The second kappa shape index (κ2) is 11.7. The highest BCUT2D eigenvalue weighted by Crippen LogP contribution is 2.18. The molecule has 0 saturated carbocycles. The van der Waals surface area contributed by atoms with Crippen LogP contribution in [0.15, 0.2) is 53.1 Å². The molecule has 1 aliphatic rings. The van der Waals surface area contributed by atoms with Crippen molar-refractivity contribution in [1.82, 2.24) is 15.6 Å². The quantitative estimate of drug-likeness (QED) is 0.500. The molecule has 3 rings (SSSR count). The molecule has 0 spiro atoms. The number of aryl methyl sites for hydroxylation is 1. The second-order valence-corrected chi connectivity index (χ2v) is 9.02. The Morgan fingerprint density at radius 3 is 2.97 bits per heavy atom. The maximum absolute atomic E-state index is 11.9. The average Bonchev–Trinajstić information content (AvgIpc) is 3.24. The first kappa shape index (κ1) is 22.2. The third-order valence-corrected chi connectivity index (χ3v) is 6.27. The smallest absolute Gasteiger partial charge is 0.236 e. The van der Waals surface area contributed by atoms with E-state index in [1.54, 1.807) is 12.1 Å². The number of carbonyl (C=O) groups is 1. The largest absolute Gasteiger partial charge is 0.511 e. The Morgan fingerprint density at radius 2 is 2.20 bits per heavy atom. The van der Waals surface area contributed by atoms with Gasteiger partial charge in [0.2, 0.25) is 5.91 Å². The van der Waals surface area contributed by atoms with Crippen molar-refractivity contribution in [1.29, 1.82) is 0 Å². The van der Waals surface area contributed by atoms with Crippen molar-refractivity contribution >= 4 is 16.7 Å². The van der Waals surface area contributed by atoms with E-state index in [9.17, 15) is 14.1 Å². The Bertz CT molecular complexity index is 861. The molecule has 2 aromatic heterocycles. The Kier molecular flexibility index (Phi) is 8.65. The molecule has 1 aliphatic heterocycles. The first-order chi connectivity index (χ1) is 14.6. The summed E-state index contributed by atoms with van der Waals surface area (Å²) in [7, 11) is -1.36. The first-order valence-corrected chi connectivity index (χ1v) is 11.8. The molecule has 3 heterocycles. The summed E-state index contributed by atoms with van der Waals surface area (Å²) in [5.74, 6) is 0.984. The molecule has 1 atom stereocenters. The van der Waals surface area contributed by atoms with Crippen molar-refractivity contribution in [3.05, 3.63) is 65.7 Å². The zero-order chi connectivity index (χ0) is 21.2. The van der Waals surface area contributed by atoms with Crippen molar-refractivity contribution in [3.8, 4) is 0 Å². The molecular formula is C22H29N3O4S. The number of hydrogen-bond donors (Lipinski definition) is 3. The van der Waals surface area contributed by atoms with Crippen LogP contribution < -0.4 is 10.6 Å². The Balaban J connectivity index is 1.40. The topological polar surface area (TPSA) is 104 Å². The molecule has 7 nitrogen and oxygen atoms in total. The fourth-order valence-electron chi connectivity index (χ4n) is 3.50. The van der Waals surface area contributed by atoms with Gasteiger partial charge in [0.15, 0.2) is 0 Å². The Morgan fingerprint density at radius 1 is 1.37 bits per heavy atom. The van der Waals surface area contributed by atoms with Gasteiger partial charge in [0.1, 0.15) is 17.3 Å². The molecule has 162 valence electrons. The average molecular weight is 432 g/mol. The molecule has 8 heteroatoms. The lowest BCUT2D eigenvalue weighted by atomic mass is 9.91. The molecule has 1 fully saturated rings. The van der Waals surface area contributed by atoms with Crippen molar-refractivity contribution < 1.29 is 18.5 Å². The van der Waals surface area contributed by atoms with Crippen LogP contribution in [0, 0.1) is 5.92 Å². The minimum Gasteiger partial charge on any atom is -0.511 e. The molecule has 0 radical (unpaired) electrons. The summed E-state index contributed by atoms with van der Waals surface area (Å²) in [6.45, 7) is 2.17. The molecular weight excluding hydrogens is 402 g/mol. The van der Waals surface area contributed by atoms with Gasteiger partial charge in [0.05, 0.1) is 12.0 Å². The van der Waals surface area contributed by atoms with E-state index < -0.39 is 16.7 Å². The zero-order valence-electron chi connectivity index (χ0n) is 17.0.